The minimum absolute atomic E-state index is 0.0425. The number of hydrogen-bond acceptors (Lipinski definition) is 8. The molecule has 0 atom stereocenters. The Kier molecular flexibility index (Phi) is 16.0. The number of hydrogen-bond donors (Lipinski definition) is 0. The van der Waals surface area contributed by atoms with E-state index in [2.05, 4.69) is 31.2 Å². The zero-order chi connectivity index (χ0) is 29.8. The lowest BCUT2D eigenvalue weighted by atomic mass is 9.98. The molecule has 2 aromatic carbocycles. The van der Waals surface area contributed by atoms with Gasteiger partial charge in [0.2, 0.25) is 0 Å². The molecule has 9 heteroatoms. The van der Waals surface area contributed by atoms with Crippen LogP contribution in [0.3, 0.4) is 0 Å². The van der Waals surface area contributed by atoms with Crippen molar-refractivity contribution >= 4 is 12.1 Å². The average molecular weight is 586 g/mol. The topological polar surface area (TPSA) is 92.8 Å². The van der Waals surface area contributed by atoms with Gasteiger partial charge in [0.15, 0.2) is 0 Å². The highest BCUT2D eigenvalue weighted by molar-refractivity contribution is 5.79. The molecule has 0 unspecified atom stereocenters. The zero-order valence-electron chi connectivity index (χ0n) is 25.2. The van der Waals surface area contributed by atoms with Crippen LogP contribution in [0.15, 0.2) is 48.5 Å². The fourth-order valence-corrected chi connectivity index (χ4v) is 4.74. The summed E-state index contributed by atoms with van der Waals surface area (Å²) in [5, 5.41) is 0. The molecular weight excluding hydrogens is 538 g/mol. The Morgan fingerprint density at radius 2 is 1.19 bits per heavy atom. The summed E-state index contributed by atoms with van der Waals surface area (Å²) in [4.78, 5) is 25.6. The van der Waals surface area contributed by atoms with Crippen molar-refractivity contribution in [3.63, 3.8) is 0 Å². The van der Waals surface area contributed by atoms with E-state index in [1.54, 1.807) is 7.05 Å². The summed E-state index contributed by atoms with van der Waals surface area (Å²) < 4.78 is 32.8. The van der Waals surface area contributed by atoms with Gasteiger partial charge in [-0.15, -0.1) is 0 Å². The van der Waals surface area contributed by atoms with Crippen LogP contribution in [0.5, 0.6) is 0 Å². The molecule has 3 rings (SSSR count). The van der Waals surface area contributed by atoms with Crippen molar-refractivity contribution in [3.05, 3.63) is 59.7 Å². The van der Waals surface area contributed by atoms with Gasteiger partial charge in [0, 0.05) is 25.9 Å². The van der Waals surface area contributed by atoms with Gasteiger partial charge >= 0.3 is 12.1 Å². The van der Waals surface area contributed by atoms with E-state index >= 15 is 0 Å². The van der Waals surface area contributed by atoms with E-state index in [9.17, 15) is 9.59 Å². The molecule has 2 aromatic rings. The van der Waals surface area contributed by atoms with Crippen molar-refractivity contribution in [3.8, 4) is 11.1 Å². The number of benzene rings is 2. The number of unbranched alkanes of at least 4 members (excludes halogenated alkanes) is 3. The van der Waals surface area contributed by atoms with Crippen molar-refractivity contribution in [2.75, 3.05) is 79.7 Å². The minimum atomic E-state index is -0.364. The molecule has 0 heterocycles. The largest absolute Gasteiger partial charge is 0.463 e. The lowest BCUT2D eigenvalue weighted by Crippen LogP contribution is -2.32. The highest BCUT2D eigenvalue weighted by atomic mass is 16.6. The van der Waals surface area contributed by atoms with Crippen molar-refractivity contribution in [2.24, 2.45) is 0 Å². The quantitative estimate of drug-likeness (QED) is 0.133. The van der Waals surface area contributed by atoms with Gasteiger partial charge in [-0.1, -0.05) is 74.7 Å². The van der Waals surface area contributed by atoms with Gasteiger partial charge in [-0.2, -0.15) is 0 Å². The summed E-state index contributed by atoms with van der Waals surface area (Å²) in [7, 11) is 1.71. The van der Waals surface area contributed by atoms with Crippen LogP contribution in [0.4, 0.5) is 4.79 Å². The van der Waals surface area contributed by atoms with Gasteiger partial charge in [0.25, 0.3) is 0 Å². The van der Waals surface area contributed by atoms with Gasteiger partial charge in [-0.05, 0) is 28.7 Å². The second-order valence-corrected chi connectivity index (χ2v) is 10.2. The van der Waals surface area contributed by atoms with E-state index in [0.717, 1.165) is 25.7 Å². The second kappa shape index (κ2) is 20.0. The van der Waals surface area contributed by atoms with E-state index in [1.807, 2.05) is 24.3 Å². The molecule has 0 saturated heterocycles. The maximum absolute atomic E-state index is 12.5. The summed E-state index contributed by atoms with van der Waals surface area (Å²) in [5.41, 5.74) is 4.80. The highest BCUT2D eigenvalue weighted by Gasteiger charge is 2.29. The van der Waals surface area contributed by atoms with Crippen molar-refractivity contribution in [1.82, 2.24) is 4.90 Å². The Hall–Kier alpha value is -2.98. The fraction of sp³-hybridized carbons (Fsp3) is 0.576. The lowest BCUT2D eigenvalue weighted by Gasteiger charge is -2.19. The number of carbonyl (C=O) groups is 2. The zero-order valence-corrected chi connectivity index (χ0v) is 25.2. The van der Waals surface area contributed by atoms with Gasteiger partial charge in [0.1, 0.15) is 13.2 Å². The van der Waals surface area contributed by atoms with Crippen LogP contribution in [-0.2, 0) is 33.2 Å². The van der Waals surface area contributed by atoms with Gasteiger partial charge in [-0.3, -0.25) is 4.79 Å². The number of likely N-dealkylation sites (N-methyl/N-ethyl adjacent to an activating group) is 1. The maximum atomic E-state index is 12.5. The van der Waals surface area contributed by atoms with Crippen molar-refractivity contribution in [1.29, 1.82) is 0 Å². The number of esters is 1. The number of ether oxygens (including phenoxy) is 6. The monoisotopic (exact) mass is 585 g/mol. The molecule has 1 aliphatic rings. The fourth-order valence-electron chi connectivity index (χ4n) is 4.74. The van der Waals surface area contributed by atoms with Crippen LogP contribution < -0.4 is 0 Å². The summed E-state index contributed by atoms with van der Waals surface area (Å²) in [6, 6.07) is 16.6. The molecule has 232 valence electrons. The second-order valence-electron chi connectivity index (χ2n) is 10.2. The number of rotatable bonds is 22. The molecular formula is C33H47NO8. The van der Waals surface area contributed by atoms with Gasteiger partial charge < -0.3 is 33.3 Å². The first kappa shape index (κ1) is 33.5. The molecule has 1 amide bonds. The summed E-state index contributed by atoms with van der Waals surface area (Å²) in [5.74, 6) is -0.115. The van der Waals surface area contributed by atoms with Crippen LogP contribution >= 0.6 is 0 Å². The van der Waals surface area contributed by atoms with Crippen LogP contribution in [-0.4, -0.2) is 96.6 Å². The third-order valence-electron chi connectivity index (χ3n) is 7.06. The average Bonchev–Trinajstić information content (AvgIpc) is 3.33. The molecule has 0 aromatic heterocycles. The molecule has 0 spiro atoms. The number of fused-ring (bicyclic) bond motifs is 3. The summed E-state index contributed by atoms with van der Waals surface area (Å²) in [6.07, 6.45) is 4.37. The smallest absolute Gasteiger partial charge is 0.409 e. The van der Waals surface area contributed by atoms with Crippen LogP contribution in [0.25, 0.3) is 11.1 Å². The Labute approximate surface area is 250 Å². The Balaban J connectivity index is 1.11. The third-order valence-corrected chi connectivity index (χ3v) is 7.06. The maximum Gasteiger partial charge on any atom is 0.409 e. The molecule has 9 nitrogen and oxygen atoms in total. The Morgan fingerprint density at radius 3 is 1.76 bits per heavy atom. The minimum Gasteiger partial charge on any atom is -0.463 e. The van der Waals surface area contributed by atoms with E-state index in [0.29, 0.717) is 72.4 Å². The molecule has 42 heavy (non-hydrogen) atoms. The highest BCUT2D eigenvalue weighted by Crippen LogP contribution is 2.44. The van der Waals surface area contributed by atoms with E-state index in [4.69, 9.17) is 28.4 Å². The van der Waals surface area contributed by atoms with E-state index in [1.165, 1.54) is 27.2 Å². The van der Waals surface area contributed by atoms with Crippen LogP contribution in [0.1, 0.15) is 56.1 Å². The molecule has 1 aliphatic carbocycles. The summed E-state index contributed by atoms with van der Waals surface area (Å²) >= 11 is 0. The first-order valence-electron chi connectivity index (χ1n) is 15.1. The predicted molar refractivity (Wildman–Crippen MR) is 161 cm³/mol. The third kappa shape index (κ3) is 11.7. The lowest BCUT2D eigenvalue weighted by molar-refractivity contribution is -0.145. The molecule has 0 fully saturated rings. The predicted octanol–water partition coefficient (Wildman–Crippen LogP) is 5.45. The molecule has 0 N–H and O–H groups in total. The van der Waals surface area contributed by atoms with Gasteiger partial charge in [0.05, 0.1) is 52.9 Å². The molecule has 0 saturated carbocycles. The van der Waals surface area contributed by atoms with Crippen molar-refractivity contribution in [2.45, 2.75) is 44.9 Å². The van der Waals surface area contributed by atoms with E-state index < -0.39 is 0 Å². The van der Waals surface area contributed by atoms with Crippen molar-refractivity contribution < 1.29 is 38.0 Å². The standard InChI is InChI=1S/C33H47NO8/c1-3-4-5-6-15-32(35)41-25-24-40-23-22-39-21-20-38-19-18-37-17-16-34(2)33(36)42-26-31-29-13-9-7-11-27(29)28-12-8-10-14-30(28)31/h7-14,31H,3-6,15-26H2,1-2H3. The van der Waals surface area contributed by atoms with Crippen LogP contribution in [0, 0.1) is 0 Å². The SMILES string of the molecule is CCCCCCC(=O)OCCOCCOCCOCCOCCN(C)C(=O)OCC1c2ccccc2-c2ccccc21. The first-order valence-corrected chi connectivity index (χ1v) is 15.1. The van der Waals surface area contributed by atoms with Gasteiger partial charge in [-0.25, -0.2) is 4.79 Å². The van der Waals surface area contributed by atoms with Crippen LogP contribution in [0.2, 0.25) is 0 Å². The Morgan fingerprint density at radius 1 is 0.667 bits per heavy atom. The molecule has 0 bridgehead atoms. The first-order chi connectivity index (χ1) is 20.6. The molecule has 0 aliphatic heterocycles. The number of amides is 1. The molecule has 0 radical (unpaired) electrons. The number of carbonyl (C=O) groups excluding carboxylic acids is 2. The normalized spacial score (nSPS) is 12.1. The number of nitrogens with zero attached hydrogens (tertiary/aromatic N) is 1. The Bertz CT molecular complexity index is 1020. The van der Waals surface area contributed by atoms with E-state index in [-0.39, 0.29) is 24.6 Å². The summed E-state index contributed by atoms with van der Waals surface area (Å²) in [6.45, 7) is 6.59.